The van der Waals surface area contributed by atoms with E-state index < -0.39 is 0 Å². The van der Waals surface area contributed by atoms with E-state index >= 15 is 0 Å². The van der Waals surface area contributed by atoms with Crippen LogP contribution in [0.15, 0.2) is 57.9 Å². The molecule has 0 bridgehead atoms. The molecule has 2 aromatic carbocycles. The Morgan fingerprint density at radius 3 is 2.71 bits per heavy atom. The Hall–Kier alpha value is -2.63. The number of halogens is 1. The molecule has 0 N–H and O–H groups in total. The highest BCUT2D eigenvalue weighted by Crippen LogP contribution is 2.25. The molecule has 0 radical (unpaired) electrons. The highest BCUT2D eigenvalue weighted by molar-refractivity contribution is 6.31. The first-order valence-corrected chi connectivity index (χ1v) is 9.62. The van der Waals surface area contributed by atoms with Gasteiger partial charge in [0.15, 0.2) is 5.43 Å². The Morgan fingerprint density at radius 2 is 1.96 bits per heavy atom. The predicted octanol–water partition coefficient (Wildman–Crippen LogP) is 3.99. The number of hydrogen-bond donors (Lipinski definition) is 0. The van der Waals surface area contributed by atoms with E-state index in [0.29, 0.717) is 34.6 Å². The molecule has 1 saturated heterocycles. The van der Waals surface area contributed by atoms with Gasteiger partial charge in [-0.3, -0.25) is 14.5 Å². The van der Waals surface area contributed by atoms with Gasteiger partial charge in [-0.2, -0.15) is 0 Å². The number of para-hydroxylation sites is 1. The van der Waals surface area contributed by atoms with Crippen molar-refractivity contribution in [2.24, 2.45) is 0 Å². The zero-order valence-corrected chi connectivity index (χ0v) is 16.6. The van der Waals surface area contributed by atoms with Crippen molar-refractivity contribution in [3.8, 4) is 0 Å². The van der Waals surface area contributed by atoms with Gasteiger partial charge >= 0.3 is 0 Å². The summed E-state index contributed by atoms with van der Waals surface area (Å²) in [6, 6.07) is 12.9. The number of amides is 1. The average molecular weight is 397 g/mol. The molecular weight excluding hydrogens is 376 g/mol. The second-order valence-corrected chi connectivity index (χ2v) is 7.74. The van der Waals surface area contributed by atoms with E-state index in [1.807, 2.05) is 47.9 Å². The SMILES string of the molecule is Cc1ccccc1N1C(=O)CN(Cc2coc3ccc(Cl)cc3c2=O)C[C@H]1C. The fourth-order valence-corrected chi connectivity index (χ4v) is 4.02. The first-order valence-electron chi connectivity index (χ1n) is 9.24. The molecule has 28 heavy (non-hydrogen) atoms. The molecule has 0 saturated carbocycles. The normalized spacial score (nSPS) is 18.0. The Morgan fingerprint density at radius 1 is 1.18 bits per heavy atom. The van der Waals surface area contributed by atoms with Crippen LogP contribution in [0.3, 0.4) is 0 Å². The third-order valence-corrected chi connectivity index (χ3v) is 5.40. The lowest BCUT2D eigenvalue weighted by atomic mass is 10.1. The molecule has 3 aromatic rings. The van der Waals surface area contributed by atoms with E-state index in [1.54, 1.807) is 18.2 Å². The van der Waals surface area contributed by atoms with Crippen LogP contribution in [0, 0.1) is 6.92 Å². The van der Waals surface area contributed by atoms with Gasteiger partial charge in [0.2, 0.25) is 5.91 Å². The summed E-state index contributed by atoms with van der Waals surface area (Å²) in [5.41, 5.74) is 2.94. The predicted molar refractivity (Wildman–Crippen MR) is 111 cm³/mol. The van der Waals surface area contributed by atoms with Crippen LogP contribution in [-0.2, 0) is 11.3 Å². The molecule has 1 aliphatic heterocycles. The second kappa shape index (κ2) is 7.41. The van der Waals surface area contributed by atoms with E-state index in [1.165, 1.54) is 6.26 Å². The molecular formula is C22H21ClN2O3. The standard InChI is InChI=1S/C22H21ClN2O3/c1-14-5-3-4-6-19(14)25-15(2)10-24(12-21(25)26)11-16-13-28-20-8-7-17(23)9-18(20)22(16)27/h3-9,13,15H,10-12H2,1-2H3/t15-/m1/s1. The van der Waals surface area contributed by atoms with Crippen LogP contribution < -0.4 is 10.3 Å². The van der Waals surface area contributed by atoms with Crippen LogP contribution >= 0.6 is 11.6 Å². The van der Waals surface area contributed by atoms with Crippen LogP contribution in [0.25, 0.3) is 11.0 Å². The molecule has 1 amide bonds. The van der Waals surface area contributed by atoms with Crippen LogP contribution in [0.1, 0.15) is 18.1 Å². The monoisotopic (exact) mass is 396 g/mol. The summed E-state index contributed by atoms with van der Waals surface area (Å²) in [5.74, 6) is 0.0290. The molecule has 1 atom stereocenters. The van der Waals surface area contributed by atoms with Gasteiger partial charge in [-0.05, 0) is 43.7 Å². The minimum atomic E-state index is -0.106. The number of carbonyl (C=O) groups excluding carboxylic acids is 1. The minimum absolute atomic E-state index is 0.00397. The molecule has 5 nitrogen and oxygen atoms in total. The maximum Gasteiger partial charge on any atom is 0.241 e. The summed E-state index contributed by atoms with van der Waals surface area (Å²) in [5, 5.41) is 0.954. The van der Waals surface area contributed by atoms with Crippen molar-refractivity contribution in [3.63, 3.8) is 0 Å². The van der Waals surface area contributed by atoms with Gasteiger partial charge in [0, 0.05) is 35.4 Å². The van der Waals surface area contributed by atoms with Crippen LogP contribution in [0.2, 0.25) is 5.02 Å². The average Bonchev–Trinajstić information content (AvgIpc) is 2.65. The highest BCUT2D eigenvalue weighted by atomic mass is 35.5. The van der Waals surface area contributed by atoms with Gasteiger partial charge < -0.3 is 9.32 Å². The zero-order valence-electron chi connectivity index (χ0n) is 15.8. The highest BCUT2D eigenvalue weighted by Gasteiger charge is 2.31. The van der Waals surface area contributed by atoms with Crippen LogP contribution in [-0.4, -0.2) is 29.9 Å². The first kappa shape index (κ1) is 18.7. The third-order valence-electron chi connectivity index (χ3n) is 5.17. The maximum atomic E-state index is 12.9. The molecule has 0 spiro atoms. The Bertz CT molecular complexity index is 1110. The number of hydrogen-bond acceptors (Lipinski definition) is 4. The van der Waals surface area contributed by atoms with Gasteiger partial charge in [0.05, 0.1) is 18.2 Å². The molecule has 6 heteroatoms. The van der Waals surface area contributed by atoms with Crippen molar-refractivity contribution in [1.82, 2.24) is 4.90 Å². The summed E-state index contributed by atoms with van der Waals surface area (Å²) in [7, 11) is 0. The number of aryl methyl sites for hydroxylation is 1. The van der Waals surface area contributed by atoms with E-state index in [-0.39, 0.29) is 23.9 Å². The van der Waals surface area contributed by atoms with E-state index in [0.717, 1.165) is 11.3 Å². The van der Waals surface area contributed by atoms with E-state index in [2.05, 4.69) is 0 Å². The van der Waals surface area contributed by atoms with E-state index in [4.69, 9.17) is 16.0 Å². The molecule has 0 aliphatic carbocycles. The zero-order chi connectivity index (χ0) is 19.8. The molecule has 0 unspecified atom stereocenters. The molecule has 2 heterocycles. The lowest BCUT2D eigenvalue weighted by molar-refractivity contribution is -0.122. The van der Waals surface area contributed by atoms with Gasteiger partial charge in [-0.25, -0.2) is 0 Å². The maximum absolute atomic E-state index is 12.9. The number of carbonyl (C=O) groups is 1. The number of benzene rings is 2. The topological polar surface area (TPSA) is 53.8 Å². The second-order valence-electron chi connectivity index (χ2n) is 7.30. The van der Waals surface area contributed by atoms with Crippen molar-refractivity contribution in [3.05, 3.63) is 75.1 Å². The molecule has 4 rings (SSSR count). The van der Waals surface area contributed by atoms with Crippen molar-refractivity contribution >= 4 is 34.2 Å². The summed E-state index contributed by atoms with van der Waals surface area (Å²) in [6.45, 7) is 5.33. The molecule has 144 valence electrons. The summed E-state index contributed by atoms with van der Waals surface area (Å²) in [6.07, 6.45) is 1.49. The summed E-state index contributed by atoms with van der Waals surface area (Å²) >= 11 is 6.02. The number of fused-ring (bicyclic) bond motifs is 1. The molecule has 1 fully saturated rings. The largest absolute Gasteiger partial charge is 0.464 e. The first-order chi connectivity index (χ1) is 13.4. The lowest BCUT2D eigenvalue weighted by Gasteiger charge is -2.40. The smallest absolute Gasteiger partial charge is 0.241 e. The van der Waals surface area contributed by atoms with Gasteiger partial charge in [-0.15, -0.1) is 0 Å². The number of nitrogens with zero attached hydrogens (tertiary/aromatic N) is 2. The van der Waals surface area contributed by atoms with Gasteiger partial charge in [0.1, 0.15) is 5.58 Å². The lowest BCUT2D eigenvalue weighted by Crippen LogP contribution is -2.55. The number of rotatable bonds is 3. The summed E-state index contributed by atoms with van der Waals surface area (Å²) < 4.78 is 5.60. The minimum Gasteiger partial charge on any atom is -0.464 e. The van der Waals surface area contributed by atoms with Crippen molar-refractivity contribution in [1.29, 1.82) is 0 Å². The van der Waals surface area contributed by atoms with Crippen LogP contribution in [0.5, 0.6) is 0 Å². The molecule has 1 aromatic heterocycles. The third kappa shape index (κ3) is 3.43. The van der Waals surface area contributed by atoms with Crippen molar-refractivity contribution < 1.29 is 9.21 Å². The molecule has 1 aliphatic rings. The fourth-order valence-electron chi connectivity index (χ4n) is 3.85. The fraction of sp³-hybridized carbons (Fsp3) is 0.273. The Kier molecular flexibility index (Phi) is 4.96. The number of piperazine rings is 1. The quantitative estimate of drug-likeness (QED) is 0.671. The van der Waals surface area contributed by atoms with Crippen LogP contribution in [0.4, 0.5) is 5.69 Å². The van der Waals surface area contributed by atoms with E-state index in [9.17, 15) is 9.59 Å². The Labute approximate surface area is 168 Å². The number of anilines is 1. The van der Waals surface area contributed by atoms with Gasteiger partial charge in [-0.1, -0.05) is 29.8 Å². The van der Waals surface area contributed by atoms with Crippen molar-refractivity contribution in [2.45, 2.75) is 26.4 Å². The van der Waals surface area contributed by atoms with Crippen molar-refractivity contribution in [2.75, 3.05) is 18.0 Å². The Balaban J connectivity index is 1.57. The summed E-state index contributed by atoms with van der Waals surface area (Å²) in [4.78, 5) is 29.5. The van der Waals surface area contributed by atoms with Gasteiger partial charge in [0.25, 0.3) is 0 Å².